The Balaban J connectivity index is 1.54. The predicted octanol–water partition coefficient (Wildman–Crippen LogP) is 9.05. The molecule has 0 amide bonds. The summed E-state index contributed by atoms with van der Waals surface area (Å²) < 4.78 is 47.7. The lowest BCUT2D eigenvalue weighted by Gasteiger charge is -2.22. The van der Waals surface area contributed by atoms with E-state index in [1.807, 2.05) is 25.1 Å². The molecule has 2 heterocycles. The van der Waals surface area contributed by atoms with Gasteiger partial charge in [-0.3, -0.25) is 0 Å². The van der Waals surface area contributed by atoms with Gasteiger partial charge in [0.1, 0.15) is 25.4 Å². The maximum atomic E-state index is 14.9. The number of fused-ring (bicyclic) bond motifs is 6. The molecule has 2 aromatic heterocycles. The molecule has 188 valence electrons. The summed E-state index contributed by atoms with van der Waals surface area (Å²) in [7, 11) is 1.55. The van der Waals surface area contributed by atoms with Crippen LogP contribution < -0.4 is 4.57 Å². The average molecular weight is 513 g/mol. The Bertz CT molecular complexity index is 2180. The van der Waals surface area contributed by atoms with E-state index in [0.717, 1.165) is 16.7 Å². The van der Waals surface area contributed by atoms with Crippen LogP contribution in [0.2, 0.25) is 0 Å². The molecule has 0 unspecified atom stereocenters. The first-order valence-corrected chi connectivity index (χ1v) is 12.8. The van der Waals surface area contributed by atoms with Crippen LogP contribution in [-0.4, -0.2) is 0 Å². The van der Waals surface area contributed by atoms with Crippen molar-refractivity contribution in [1.29, 1.82) is 0 Å². The maximum Gasteiger partial charge on any atom is 0.219 e. The van der Waals surface area contributed by atoms with Gasteiger partial charge in [-0.05, 0) is 46.4 Å². The first-order valence-electron chi connectivity index (χ1n) is 14.3. The van der Waals surface area contributed by atoms with E-state index in [-0.39, 0.29) is 17.3 Å². The third-order valence-electron chi connectivity index (χ3n) is 8.12. The van der Waals surface area contributed by atoms with Crippen LogP contribution in [0.4, 0.5) is 10.1 Å². The molecule has 0 saturated heterocycles. The van der Waals surface area contributed by atoms with Crippen molar-refractivity contribution in [3.05, 3.63) is 119 Å². The molecule has 4 heteroatoms. The van der Waals surface area contributed by atoms with Crippen molar-refractivity contribution < 1.29 is 17.5 Å². The Labute approximate surface area is 230 Å². The number of halogens is 1. The van der Waals surface area contributed by atoms with Crippen molar-refractivity contribution in [2.45, 2.75) is 26.2 Å². The first kappa shape index (κ1) is 20.2. The average Bonchev–Trinajstić information content (AvgIpc) is 3.49. The third-order valence-corrected chi connectivity index (χ3v) is 8.12. The molecular formula is C35H26FN2O+. The zero-order valence-electron chi connectivity index (χ0n) is 25.0. The summed E-state index contributed by atoms with van der Waals surface area (Å²) in [5.74, 6) is -1.05. The minimum atomic E-state index is -1.05. The molecule has 3 nitrogen and oxygen atoms in total. The Kier molecular flexibility index (Phi) is 4.22. The van der Waals surface area contributed by atoms with Gasteiger partial charge in [0.25, 0.3) is 0 Å². The second-order valence-electron chi connectivity index (χ2n) is 10.7. The molecule has 7 rings (SSSR count). The molecular weight excluding hydrogens is 483 g/mol. The molecule has 0 saturated carbocycles. The monoisotopic (exact) mass is 512 g/mol. The van der Waals surface area contributed by atoms with Gasteiger partial charge in [-0.2, -0.15) is 0 Å². The maximum absolute atomic E-state index is 14.9. The molecule has 1 aliphatic carbocycles. The molecule has 0 aliphatic heterocycles. The molecule has 1 aliphatic rings. The molecule has 39 heavy (non-hydrogen) atoms. The van der Waals surface area contributed by atoms with Gasteiger partial charge in [0.2, 0.25) is 5.69 Å². The van der Waals surface area contributed by atoms with Crippen LogP contribution in [0.1, 0.15) is 34.7 Å². The Hall–Kier alpha value is -4.75. The molecule has 0 N–H and O–H groups in total. The van der Waals surface area contributed by atoms with Gasteiger partial charge < -0.3 is 4.42 Å². The van der Waals surface area contributed by atoms with Gasteiger partial charge in [-0.25, -0.2) is 13.8 Å². The second kappa shape index (κ2) is 8.12. The molecule has 0 radical (unpaired) electrons. The summed E-state index contributed by atoms with van der Waals surface area (Å²) in [5, 5.41) is 1.33. The van der Waals surface area contributed by atoms with E-state index in [1.54, 1.807) is 13.1 Å². The molecule has 0 bridgehead atoms. The summed E-state index contributed by atoms with van der Waals surface area (Å²) in [6.07, 6.45) is -0.338. The van der Waals surface area contributed by atoms with Gasteiger partial charge in [-0.15, -0.1) is 0 Å². The number of hydrogen-bond donors (Lipinski definition) is 0. The Morgan fingerprint density at radius 1 is 0.949 bits per heavy atom. The highest BCUT2D eigenvalue weighted by atomic mass is 19.1. The number of benzene rings is 4. The predicted molar refractivity (Wildman–Crippen MR) is 154 cm³/mol. The number of aryl methyl sites for hydroxylation is 1. The topological polar surface area (TPSA) is 21.4 Å². The fraction of sp³-hybridized carbons (Fsp3) is 0.143. The number of pyridine rings is 1. The van der Waals surface area contributed by atoms with E-state index >= 15 is 0 Å². The normalized spacial score (nSPS) is 14.5. The summed E-state index contributed by atoms with van der Waals surface area (Å²) in [6, 6.07) is 21.3. The first-order chi connectivity index (χ1) is 20.1. The van der Waals surface area contributed by atoms with Gasteiger partial charge in [-0.1, -0.05) is 74.5 Å². The van der Waals surface area contributed by atoms with E-state index in [9.17, 15) is 4.39 Å². The summed E-state index contributed by atoms with van der Waals surface area (Å²) in [5.41, 5.74) is 9.28. The second-order valence-corrected chi connectivity index (χ2v) is 10.7. The van der Waals surface area contributed by atoms with E-state index in [0.29, 0.717) is 33.2 Å². The lowest BCUT2D eigenvalue weighted by atomic mass is 9.81. The zero-order chi connectivity index (χ0) is 29.7. The Morgan fingerprint density at radius 3 is 2.54 bits per heavy atom. The van der Waals surface area contributed by atoms with E-state index in [1.165, 1.54) is 26.8 Å². The van der Waals surface area contributed by atoms with E-state index in [4.69, 9.17) is 15.1 Å². The summed E-state index contributed by atoms with van der Waals surface area (Å²) in [6.45, 7) is 14.2. The fourth-order valence-electron chi connectivity index (χ4n) is 6.15. The SMILES string of the molecule is [2H]c1c(F)c([2H])c(-c2c(C)ccc3c2oc2c(-c4ccc5c(c4)C(C)(C)c4ccccc4-5)ccc([N+]#[C-])c23)[n+](C)c1[2H]. The number of nitrogens with zero attached hydrogens (tertiary/aromatic N) is 2. The molecule has 0 fully saturated rings. The van der Waals surface area contributed by atoms with Crippen molar-refractivity contribution in [3.63, 3.8) is 0 Å². The minimum Gasteiger partial charge on any atom is -0.456 e. The van der Waals surface area contributed by atoms with Crippen molar-refractivity contribution in [2.24, 2.45) is 7.05 Å². The summed E-state index contributed by atoms with van der Waals surface area (Å²) >= 11 is 0. The third kappa shape index (κ3) is 3.23. The Morgan fingerprint density at radius 2 is 1.72 bits per heavy atom. The van der Waals surface area contributed by atoms with Gasteiger partial charge >= 0.3 is 0 Å². The van der Waals surface area contributed by atoms with Crippen LogP contribution in [0.15, 0.2) is 89.4 Å². The van der Waals surface area contributed by atoms with Crippen LogP contribution in [0.5, 0.6) is 0 Å². The van der Waals surface area contributed by atoms with Gasteiger partial charge in [0.05, 0.1) is 14.9 Å². The number of rotatable bonds is 2. The van der Waals surface area contributed by atoms with Crippen molar-refractivity contribution in [2.75, 3.05) is 0 Å². The molecule has 4 aromatic carbocycles. The van der Waals surface area contributed by atoms with Crippen LogP contribution in [0.3, 0.4) is 0 Å². The molecule has 0 spiro atoms. The van der Waals surface area contributed by atoms with Crippen LogP contribution in [0, 0.1) is 19.3 Å². The quantitative estimate of drug-likeness (QED) is 0.167. The number of furan rings is 1. The number of hydrogen-bond acceptors (Lipinski definition) is 1. The standard InChI is InChI=1S/C35H26FN2O/c1-20-10-12-26-32-29(37-4)15-14-23(33(32)39-34(26)31(20)30-19-22(36)16-17-38(30)5)21-11-13-25-24-8-6-7-9-27(24)35(2,3)28(25)18-21/h6-19H,1-3,5H3/q+1/i16D,17D,19D. The highest BCUT2D eigenvalue weighted by Gasteiger charge is 2.35. The van der Waals surface area contributed by atoms with Crippen molar-refractivity contribution in [1.82, 2.24) is 0 Å². The smallest absolute Gasteiger partial charge is 0.219 e. The van der Waals surface area contributed by atoms with Crippen LogP contribution >= 0.6 is 0 Å². The lowest BCUT2D eigenvalue weighted by Crippen LogP contribution is -2.30. The van der Waals surface area contributed by atoms with Gasteiger partial charge in [0.15, 0.2) is 11.9 Å². The van der Waals surface area contributed by atoms with E-state index in [2.05, 4.69) is 61.2 Å². The largest absolute Gasteiger partial charge is 0.456 e. The minimum absolute atomic E-state index is 0.151. The van der Waals surface area contributed by atoms with Crippen molar-refractivity contribution in [3.8, 4) is 33.5 Å². The zero-order valence-corrected chi connectivity index (χ0v) is 22.0. The molecule has 0 atom stereocenters. The molecule has 6 aromatic rings. The highest BCUT2D eigenvalue weighted by molar-refractivity contribution is 6.18. The summed E-state index contributed by atoms with van der Waals surface area (Å²) in [4.78, 5) is 3.80. The van der Waals surface area contributed by atoms with Gasteiger partial charge in [0, 0.05) is 33.8 Å². The highest BCUT2D eigenvalue weighted by Crippen LogP contribution is 2.51. The fourth-order valence-corrected chi connectivity index (χ4v) is 6.15. The lowest BCUT2D eigenvalue weighted by molar-refractivity contribution is -0.660. The van der Waals surface area contributed by atoms with Crippen LogP contribution in [-0.2, 0) is 12.5 Å². The van der Waals surface area contributed by atoms with Crippen LogP contribution in [0.25, 0.3) is 60.3 Å². The van der Waals surface area contributed by atoms with E-state index < -0.39 is 17.9 Å². The van der Waals surface area contributed by atoms with Crippen molar-refractivity contribution >= 4 is 27.6 Å². The number of aromatic nitrogens is 1.